The molecule has 0 aliphatic carbocycles. The summed E-state index contributed by atoms with van der Waals surface area (Å²) in [4.78, 5) is 11.8. The summed E-state index contributed by atoms with van der Waals surface area (Å²) in [6.45, 7) is 0. The van der Waals surface area contributed by atoms with Crippen LogP contribution in [0.5, 0.6) is 0 Å². The first-order chi connectivity index (χ1) is 10.2. The molecule has 0 spiro atoms. The van der Waals surface area contributed by atoms with Gasteiger partial charge in [0.1, 0.15) is 0 Å². The van der Waals surface area contributed by atoms with Gasteiger partial charge in [0.05, 0.1) is 21.7 Å². The minimum absolute atomic E-state index is 0.577. The SMILES string of the molecule is S=c1[nH]c2cc(Cl)cnc2n1-c1ccc2ncccc2c1. The van der Waals surface area contributed by atoms with E-state index < -0.39 is 0 Å². The van der Waals surface area contributed by atoms with Gasteiger partial charge in [0.15, 0.2) is 10.4 Å². The van der Waals surface area contributed by atoms with Gasteiger partial charge in [-0.25, -0.2) is 4.98 Å². The molecule has 102 valence electrons. The average Bonchev–Trinajstić information content (AvgIpc) is 2.81. The summed E-state index contributed by atoms with van der Waals surface area (Å²) in [5.41, 5.74) is 3.47. The zero-order valence-corrected chi connectivity index (χ0v) is 12.3. The minimum atomic E-state index is 0.577. The van der Waals surface area contributed by atoms with Gasteiger partial charge in [-0.05, 0) is 42.5 Å². The Hall–Kier alpha value is -2.24. The van der Waals surface area contributed by atoms with Crippen molar-refractivity contribution in [2.75, 3.05) is 0 Å². The number of imidazole rings is 1. The number of nitrogens with zero attached hydrogens (tertiary/aromatic N) is 3. The van der Waals surface area contributed by atoms with Crippen molar-refractivity contribution >= 4 is 45.9 Å². The molecule has 6 heteroatoms. The molecule has 0 aliphatic heterocycles. The molecule has 0 bridgehead atoms. The number of aromatic nitrogens is 4. The number of hydrogen-bond acceptors (Lipinski definition) is 3. The fraction of sp³-hybridized carbons (Fsp3) is 0. The molecule has 4 aromatic rings. The third kappa shape index (κ3) is 2.02. The van der Waals surface area contributed by atoms with Crippen LogP contribution in [0.15, 0.2) is 48.8 Å². The van der Waals surface area contributed by atoms with E-state index in [-0.39, 0.29) is 0 Å². The van der Waals surface area contributed by atoms with Crippen molar-refractivity contribution in [1.82, 2.24) is 19.5 Å². The first-order valence-corrected chi connectivity index (χ1v) is 7.12. The number of fused-ring (bicyclic) bond motifs is 2. The number of nitrogens with one attached hydrogen (secondary N) is 1. The monoisotopic (exact) mass is 312 g/mol. The van der Waals surface area contributed by atoms with Crippen LogP contribution in [0.3, 0.4) is 0 Å². The first-order valence-electron chi connectivity index (χ1n) is 6.34. The summed E-state index contributed by atoms with van der Waals surface area (Å²) in [6, 6.07) is 11.8. The lowest BCUT2D eigenvalue weighted by atomic mass is 10.2. The van der Waals surface area contributed by atoms with Gasteiger partial charge in [0.2, 0.25) is 0 Å². The summed E-state index contributed by atoms with van der Waals surface area (Å²) < 4.78 is 2.48. The number of halogens is 1. The van der Waals surface area contributed by atoms with Crippen LogP contribution in [0, 0.1) is 4.77 Å². The van der Waals surface area contributed by atoms with Gasteiger partial charge in [0.25, 0.3) is 0 Å². The number of benzene rings is 1. The highest BCUT2D eigenvalue weighted by Crippen LogP contribution is 2.22. The van der Waals surface area contributed by atoms with E-state index in [1.807, 2.05) is 41.0 Å². The lowest BCUT2D eigenvalue weighted by Crippen LogP contribution is -1.95. The summed E-state index contributed by atoms with van der Waals surface area (Å²) in [7, 11) is 0. The zero-order chi connectivity index (χ0) is 14.4. The van der Waals surface area contributed by atoms with E-state index in [4.69, 9.17) is 23.8 Å². The van der Waals surface area contributed by atoms with E-state index >= 15 is 0 Å². The lowest BCUT2D eigenvalue weighted by molar-refractivity contribution is 1.05. The Morgan fingerprint density at radius 3 is 2.95 bits per heavy atom. The maximum Gasteiger partial charge on any atom is 0.183 e. The molecule has 0 saturated heterocycles. The van der Waals surface area contributed by atoms with Crippen molar-refractivity contribution < 1.29 is 0 Å². The zero-order valence-electron chi connectivity index (χ0n) is 10.7. The van der Waals surface area contributed by atoms with Gasteiger partial charge in [-0.15, -0.1) is 0 Å². The highest BCUT2D eigenvalue weighted by molar-refractivity contribution is 7.71. The molecular formula is C15H9ClN4S. The predicted molar refractivity (Wildman–Crippen MR) is 86.6 cm³/mol. The van der Waals surface area contributed by atoms with E-state index in [0.29, 0.717) is 9.79 Å². The Morgan fingerprint density at radius 1 is 1.14 bits per heavy atom. The number of pyridine rings is 2. The highest BCUT2D eigenvalue weighted by Gasteiger charge is 2.09. The second kappa shape index (κ2) is 4.65. The highest BCUT2D eigenvalue weighted by atomic mass is 35.5. The number of hydrogen-bond donors (Lipinski definition) is 1. The van der Waals surface area contributed by atoms with Crippen molar-refractivity contribution in [3.05, 3.63) is 58.6 Å². The summed E-state index contributed by atoms with van der Waals surface area (Å²) in [6.07, 6.45) is 3.40. The van der Waals surface area contributed by atoms with Crippen LogP contribution in [0.4, 0.5) is 0 Å². The van der Waals surface area contributed by atoms with Crippen LogP contribution in [-0.4, -0.2) is 19.5 Å². The molecule has 1 N–H and O–H groups in total. The minimum Gasteiger partial charge on any atom is -0.329 e. The summed E-state index contributed by atoms with van der Waals surface area (Å²) >= 11 is 11.4. The van der Waals surface area contributed by atoms with Gasteiger partial charge in [0, 0.05) is 17.8 Å². The predicted octanol–water partition coefficient (Wildman–Crippen LogP) is 4.28. The van der Waals surface area contributed by atoms with E-state index in [0.717, 1.165) is 27.8 Å². The van der Waals surface area contributed by atoms with E-state index in [1.54, 1.807) is 12.4 Å². The summed E-state index contributed by atoms with van der Waals surface area (Å²) in [5, 5.41) is 1.63. The molecule has 4 nitrogen and oxygen atoms in total. The van der Waals surface area contributed by atoms with Crippen molar-refractivity contribution in [2.24, 2.45) is 0 Å². The third-order valence-electron chi connectivity index (χ3n) is 3.33. The van der Waals surface area contributed by atoms with Crippen LogP contribution in [0.2, 0.25) is 5.02 Å². The van der Waals surface area contributed by atoms with Crippen LogP contribution in [0.1, 0.15) is 0 Å². The van der Waals surface area contributed by atoms with Crippen molar-refractivity contribution in [1.29, 1.82) is 0 Å². The fourth-order valence-corrected chi connectivity index (χ4v) is 2.87. The van der Waals surface area contributed by atoms with Crippen molar-refractivity contribution in [3.63, 3.8) is 0 Å². The normalized spacial score (nSPS) is 11.3. The van der Waals surface area contributed by atoms with E-state index in [2.05, 4.69) is 15.0 Å². The van der Waals surface area contributed by atoms with Gasteiger partial charge in [-0.3, -0.25) is 9.55 Å². The van der Waals surface area contributed by atoms with Gasteiger partial charge in [-0.1, -0.05) is 17.7 Å². The van der Waals surface area contributed by atoms with Crippen molar-refractivity contribution in [3.8, 4) is 5.69 Å². The molecule has 0 aliphatic rings. The Balaban J connectivity index is 2.03. The van der Waals surface area contributed by atoms with Crippen LogP contribution >= 0.6 is 23.8 Å². The number of H-pyrrole nitrogens is 1. The molecule has 0 amide bonds. The van der Waals surface area contributed by atoms with Gasteiger partial charge >= 0.3 is 0 Å². The number of aromatic amines is 1. The first kappa shape index (κ1) is 12.5. The standard InChI is InChI=1S/C15H9ClN4S/c16-10-7-13-14(18-8-10)20(15(21)19-13)11-3-4-12-9(6-11)2-1-5-17-12/h1-8H,(H,19,21). The van der Waals surface area contributed by atoms with Gasteiger partial charge < -0.3 is 4.98 Å². The molecule has 0 unspecified atom stereocenters. The summed E-state index contributed by atoms with van der Waals surface area (Å²) in [5.74, 6) is 0. The molecule has 3 aromatic heterocycles. The fourth-order valence-electron chi connectivity index (χ4n) is 2.41. The molecule has 4 rings (SSSR count). The largest absolute Gasteiger partial charge is 0.329 e. The second-order valence-electron chi connectivity index (χ2n) is 4.67. The molecule has 0 radical (unpaired) electrons. The quantitative estimate of drug-likeness (QED) is 0.533. The van der Waals surface area contributed by atoms with E-state index in [1.165, 1.54) is 0 Å². The molecule has 0 atom stereocenters. The lowest BCUT2D eigenvalue weighted by Gasteiger charge is -2.05. The maximum absolute atomic E-state index is 5.97. The van der Waals surface area contributed by atoms with Crippen LogP contribution < -0.4 is 0 Å². The molecule has 3 heterocycles. The Kier molecular flexibility index (Phi) is 2.77. The maximum atomic E-state index is 5.97. The second-order valence-corrected chi connectivity index (χ2v) is 5.49. The third-order valence-corrected chi connectivity index (χ3v) is 3.83. The van der Waals surface area contributed by atoms with E-state index in [9.17, 15) is 0 Å². The molecule has 1 aromatic carbocycles. The molecule has 0 saturated carbocycles. The molecular weight excluding hydrogens is 304 g/mol. The van der Waals surface area contributed by atoms with Crippen molar-refractivity contribution in [2.45, 2.75) is 0 Å². The molecule has 21 heavy (non-hydrogen) atoms. The molecule has 0 fully saturated rings. The Bertz CT molecular complexity index is 1030. The Morgan fingerprint density at radius 2 is 2.05 bits per heavy atom. The smallest absolute Gasteiger partial charge is 0.183 e. The van der Waals surface area contributed by atoms with Crippen LogP contribution in [-0.2, 0) is 0 Å². The number of rotatable bonds is 1. The van der Waals surface area contributed by atoms with Crippen LogP contribution in [0.25, 0.3) is 27.8 Å². The Labute approximate surface area is 130 Å². The van der Waals surface area contributed by atoms with Gasteiger partial charge in [-0.2, -0.15) is 0 Å². The topological polar surface area (TPSA) is 46.5 Å². The average molecular weight is 313 g/mol.